The lowest BCUT2D eigenvalue weighted by molar-refractivity contribution is -0.107. The van der Waals surface area contributed by atoms with Crippen LogP contribution in [0.15, 0.2) is 22.7 Å². The fourth-order valence-corrected chi connectivity index (χ4v) is 1.21. The summed E-state index contributed by atoms with van der Waals surface area (Å²) >= 11 is 9.05. The van der Waals surface area contributed by atoms with Crippen molar-refractivity contribution < 1.29 is 4.79 Å². The van der Waals surface area contributed by atoms with Crippen LogP contribution in [0.2, 0.25) is 5.02 Å². The van der Waals surface area contributed by atoms with Gasteiger partial charge in [0.25, 0.3) is 0 Å². The van der Waals surface area contributed by atoms with Gasteiger partial charge in [0.2, 0.25) is 0 Å². The summed E-state index contributed by atoms with van der Waals surface area (Å²) in [4.78, 5) is 10.1. The molecular formula is C8H6BrClO. The van der Waals surface area contributed by atoms with Gasteiger partial charge < -0.3 is 4.79 Å². The van der Waals surface area contributed by atoms with E-state index in [2.05, 4.69) is 15.9 Å². The van der Waals surface area contributed by atoms with Crippen LogP contribution < -0.4 is 0 Å². The van der Waals surface area contributed by atoms with Crippen molar-refractivity contribution in [1.29, 1.82) is 0 Å². The van der Waals surface area contributed by atoms with Crippen LogP contribution in [0, 0.1) is 0 Å². The number of carbonyl (C=O) groups is 1. The van der Waals surface area contributed by atoms with Crippen molar-refractivity contribution in [2.24, 2.45) is 0 Å². The first kappa shape index (κ1) is 8.75. The third kappa shape index (κ3) is 2.31. The monoisotopic (exact) mass is 232 g/mol. The number of aldehydes is 1. The van der Waals surface area contributed by atoms with Gasteiger partial charge >= 0.3 is 0 Å². The summed E-state index contributed by atoms with van der Waals surface area (Å²) in [6.07, 6.45) is 1.28. The molecule has 0 bridgehead atoms. The van der Waals surface area contributed by atoms with Gasteiger partial charge in [0.1, 0.15) is 6.29 Å². The molecule has 1 rings (SSSR count). The highest BCUT2D eigenvalue weighted by Crippen LogP contribution is 2.22. The minimum atomic E-state index is 0.424. The van der Waals surface area contributed by atoms with Crippen LogP contribution in [-0.2, 0) is 11.2 Å². The highest BCUT2D eigenvalue weighted by molar-refractivity contribution is 9.10. The van der Waals surface area contributed by atoms with Gasteiger partial charge in [-0.15, -0.1) is 0 Å². The number of halogens is 2. The summed E-state index contributed by atoms with van der Waals surface area (Å²) in [5.41, 5.74) is 0.938. The lowest BCUT2D eigenvalue weighted by Crippen LogP contribution is -1.84. The molecular weight excluding hydrogens is 227 g/mol. The van der Waals surface area contributed by atoms with Crippen LogP contribution in [0.4, 0.5) is 0 Å². The van der Waals surface area contributed by atoms with E-state index < -0.39 is 0 Å². The molecule has 58 valence electrons. The number of benzene rings is 1. The largest absolute Gasteiger partial charge is 0.303 e. The molecule has 0 aromatic heterocycles. The summed E-state index contributed by atoms with van der Waals surface area (Å²) in [6, 6.07) is 5.48. The molecule has 0 radical (unpaired) electrons. The standard InChI is InChI=1S/C8H6BrClO/c9-7-2-1-6(3-4-11)5-8(7)10/h1-2,4-5H,3H2. The van der Waals surface area contributed by atoms with Gasteiger partial charge in [0.15, 0.2) is 0 Å². The third-order valence-electron chi connectivity index (χ3n) is 1.30. The van der Waals surface area contributed by atoms with Crippen molar-refractivity contribution in [3.8, 4) is 0 Å². The van der Waals surface area contributed by atoms with E-state index in [1.807, 2.05) is 12.1 Å². The maximum atomic E-state index is 10.1. The van der Waals surface area contributed by atoms with Gasteiger partial charge in [-0.3, -0.25) is 0 Å². The molecule has 0 aliphatic rings. The zero-order valence-electron chi connectivity index (χ0n) is 5.68. The Labute approximate surface area is 78.5 Å². The van der Waals surface area contributed by atoms with Crippen molar-refractivity contribution in [3.63, 3.8) is 0 Å². The molecule has 0 unspecified atom stereocenters. The molecule has 1 aromatic rings. The van der Waals surface area contributed by atoms with Crippen molar-refractivity contribution in [1.82, 2.24) is 0 Å². The van der Waals surface area contributed by atoms with Gasteiger partial charge in [-0.25, -0.2) is 0 Å². The zero-order valence-corrected chi connectivity index (χ0v) is 8.02. The Balaban J connectivity index is 2.95. The van der Waals surface area contributed by atoms with E-state index in [4.69, 9.17) is 11.6 Å². The normalized spacial score (nSPS) is 9.64. The number of rotatable bonds is 2. The fraction of sp³-hybridized carbons (Fsp3) is 0.125. The molecule has 0 atom stereocenters. The van der Waals surface area contributed by atoms with Gasteiger partial charge in [0, 0.05) is 10.9 Å². The molecule has 0 N–H and O–H groups in total. The molecule has 1 aromatic carbocycles. The Hall–Kier alpha value is -0.340. The minimum absolute atomic E-state index is 0.424. The van der Waals surface area contributed by atoms with Crippen LogP contribution in [0.3, 0.4) is 0 Å². The van der Waals surface area contributed by atoms with Crippen molar-refractivity contribution >= 4 is 33.8 Å². The average Bonchev–Trinajstić information content (AvgIpc) is 1.98. The molecule has 0 spiro atoms. The Bertz CT molecular complexity index is 273. The third-order valence-corrected chi connectivity index (χ3v) is 2.54. The molecule has 0 amide bonds. The van der Waals surface area contributed by atoms with Gasteiger partial charge in [-0.1, -0.05) is 17.7 Å². The van der Waals surface area contributed by atoms with E-state index in [1.54, 1.807) is 6.07 Å². The molecule has 0 aliphatic heterocycles. The van der Waals surface area contributed by atoms with E-state index >= 15 is 0 Å². The molecule has 1 nitrogen and oxygen atoms in total. The highest BCUT2D eigenvalue weighted by Gasteiger charge is 1.97. The van der Waals surface area contributed by atoms with E-state index in [0.717, 1.165) is 16.3 Å². The molecule has 0 saturated carbocycles. The van der Waals surface area contributed by atoms with E-state index in [0.29, 0.717) is 11.4 Å². The van der Waals surface area contributed by atoms with Gasteiger partial charge in [0.05, 0.1) is 5.02 Å². The van der Waals surface area contributed by atoms with Gasteiger partial charge in [-0.05, 0) is 33.6 Å². The Morgan fingerprint density at radius 2 is 2.27 bits per heavy atom. The first-order valence-corrected chi connectivity index (χ1v) is 4.28. The molecule has 11 heavy (non-hydrogen) atoms. The maximum Gasteiger partial charge on any atom is 0.124 e. The first-order chi connectivity index (χ1) is 5.24. The second-order valence-corrected chi connectivity index (χ2v) is 3.38. The summed E-state index contributed by atoms with van der Waals surface area (Å²) in [5, 5.41) is 0.643. The molecule has 0 saturated heterocycles. The van der Waals surface area contributed by atoms with Crippen LogP contribution in [-0.4, -0.2) is 6.29 Å². The SMILES string of the molecule is O=CCc1ccc(Br)c(Cl)c1. The summed E-state index contributed by atoms with van der Waals surface area (Å²) in [7, 11) is 0. The average molecular weight is 233 g/mol. The van der Waals surface area contributed by atoms with Crippen LogP contribution >= 0.6 is 27.5 Å². The smallest absolute Gasteiger partial charge is 0.124 e. The maximum absolute atomic E-state index is 10.1. The number of hydrogen-bond donors (Lipinski definition) is 0. The quantitative estimate of drug-likeness (QED) is 0.718. The summed E-state index contributed by atoms with van der Waals surface area (Å²) < 4.78 is 0.855. The second-order valence-electron chi connectivity index (χ2n) is 2.12. The van der Waals surface area contributed by atoms with E-state index in [9.17, 15) is 4.79 Å². The first-order valence-electron chi connectivity index (χ1n) is 3.11. The number of hydrogen-bond acceptors (Lipinski definition) is 1. The van der Waals surface area contributed by atoms with Crippen molar-refractivity contribution in [2.75, 3.05) is 0 Å². The molecule has 0 fully saturated rings. The topological polar surface area (TPSA) is 17.1 Å². The molecule has 0 aliphatic carbocycles. The van der Waals surface area contributed by atoms with E-state index in [-0.39, 0.29) is 0 Å². The Morgan fingerprint density at radius 1 is 1.55 bits per heavy atom. The lowest BCUT2D eigenvalue weighted by Gasteiger charge is -1.97. The predicted molar refractivity (Wildman–Crippen MR) is 48.9 cm³/mol. The van der Waals surface area contributed by atoms with Crippen molar-refractivity contribution in [3.05, 3.63) is 33.3 Å². The van der Waals surface area contributed by atoms with Crippen LogP contribution in [0.1, 0.15) is 5.56 Å². The van der Waals surface area contributed by atoms with Crippen molar-refractivity contribution in [2.45, 2.75) is 6.42 Å². The highest BCUT2D eigenvalue weighted by atomic mass is 79.9. The molecule has 0 heterocycles. The predicted octanol–water partition coefficient (Wildman–Crippen LogP) is 2.84. The zero-order chi connectivity index (χ0) is 8.27. The lowest BCUT2D eigenvalue weighted by atomic mass is 10.2. The minimum Gasteiger partial charge on any atom is -0.303 e. The summed E-state index contributed by atoms with van der Waals surface area (Å²) in [6.45, 7) is 0. The Morgan fingerprint density at radius 3 is 2.82 bits per heavy atom. The fourth-order valence-electron chi connectivity index (χ4n) is 0.763. The van der Waals surface area contributed by atoms with Crippen LogP contribution in [0.5, 0.6) is 0 Å². The van der Waals surface area contributed by atoms with Gasteiger partial charge in [-0.2, -0.15) is 0 Å². The number of carbonyl (C=O) groups excluding carboxylic acids is 1. The molecule has 3 heteroatoms. The van der Waals surface area contributed by atoms with Crippen LogP contribution in [0.25, 0.3) is 0 Å². The van der Waals surface area contributed by atoms with E-state index in [1.165, 1.54) is 0 Å². The summed E-state index contributed by atoms with van der Waals surface area (Å²) in [5.74, 6) is 0. The second kappa shape index (κ2) is 3.88. The Kier molecular flexibility index (Phi) is 3.09.